The summed E-state index contributed by atoms with van der Waals surface area (Å²) in [4.78, 5) is 14.8. The van der Waals surface area contributed by atoms with E-state index in [9.17, 15) is 4.79 Å². The summed E-state index contributed by atoms with van der Waals surface area (Å²) in [6.45, 7) is 1.78. The Morgan fingerprint density at radius 1 is 1.50 bits per heavy atom. The van der Waals surface area contributed by atoms with Gasteiger partial charge in [-0.3, -0.25) is 9.78 Å². The highest BCUT2D eigenvalue weighted by Crippen LogP contribution is 2.01. The molecule has 0 radical (unpaired) electrons. The fourth-order valence-electron chi connectivity index (χ4n) is 0.763. The van der Waals surface area contributed by atoms with Crippen LogP contribution in [-0.4, -0.2) is 27.3 Å². The molecule has 0 saturated heterocycles. The molecule has 0 unspecified atom stereocenters. The minimum absolute atomic E-state index is 0.204. The van der Waals surface area contributed by atoms with E-state index in [1.807, 2.05) is 0 Å². The van der Waals surface area contributed by atoms with Crippen molar-refractivity contribution in [3.63, 3.8) is 0 Å². The molecule has 0 bridgehead atoms. The van der Waals surface area contributed by atoms with Crippen molar-refractivity contribution >= 4 is 5.78 Å². The van der Waals surface area contributed by atoms with Crippen molar-refractivity contribution in [1.29, 1.82) is 0 Å². The van der Waals surface area contributed by atoms with Gasteiger partial charge in [0.05, 0.1) is 0 Å². The molecule has 0 atom stereocenters. The number of hydrogen-bond acceptors (Lipinski definition) is 4. The quantitative estimate of drug-likeness (QED) is 0.476. The zero-order valence-electron chi connectivity index (χ0n) is 6.56. The van der Waals surface area contributed by atoms with Crippen molar-refractivity contribution in [2.24, 2.45) is 0 Å². The molecule has 1 heterocycles. The first-order valence-electron chi connectivity index (χ1n) is 3.44. The lowest BCUT2D eigenvalue weighted by Gasteiger charge is -2.01. The second-order valence-electron chi connectivity index (χ2n) is 2.43. The number of hydrogen-bond donors (Lipinski definition) is 2. The predicted octanol–water partition coefficient (Wildman–Crippen LogP) is -0.117. The zero-order chi connectivity index (χ0) is 9.14. The van der Waals surface area contributed by atoms with E-state index in [4.69, 9.17) is 10.2 Å². The monoisotopic (exact) mass is 167 g/mol. The van der Waals surface area contributed by atoms with E-state index in [1.165, 1.54) is 12.3 Å². The van der Waals surface area contributed by atoms with E-state index in [2.05, 4.69) is 4.98 Å². The van der Waals surface area contributed by atoms with Crippen LogP contribution in [0.3, 0.4) is 0 Å². The number of nitrogens with zero attached hydrogens (tertiary/aromatic N) is 1. The van der Waals surface area contributed by atoms with E-state index >= 15 is 0 Å². The van der Waals surface area contributed by atoms with Gasteiger partial charge >= 0.3 is 0 Å². The van der Waals surface area contributed by atoms with Crippen LogP contribution < -0.4 is 0 Å². The average Bonchev–Trinajstić information content (AvgIpc) is 2.04. The highest BCUT2D eigenvalue weighted by atomic mass is 16.5. The first kappa shape index (κ1) is 8.83. The highest BCUT2D eigenvalue weighted by Gasteiger charge is 2.13. The van der Waals surface area contributed by atoms with E-state index < -0.39 is 12.1 Å². The lowest BCUT2D eigenvalue weighted by atomic mass is 10.2. The Morgan fingerprint density at radius 3 is 2.58 bits per heavy atom. The van der Waals surface area contributed by atoms with Crippen molar-refractivity contribution in [3.8, 4) is 0 Å². The summed E-state index contributed by atoms with van der Waals surface area (Å²) in [7, 11) is 0. The summed E-state index contributed by atoms with van der Waals surface area (Å²) < 4.78 is 0. The number of aliphatic hydroxyl groups is 2. The van der Waals surface area contributed by atoms with E-state index in [-0.39, 0.29) is 5.56 Å². The lowest BCUT2D eigenvalue weighted by molar-refractivity contribution is -0.0195. The number of ketones is 1. The standard InChI is InChI=1S/C8H9NO3/c1-5-2-3-6(4-9-5)7(10)8(11)12/h2-4,8,11-12H,1H3. The summed E-state index contributed by atoms with van der Waals surface area (Å²) in [6.07, 6.45) is -0.633. The maximum absolute atomic E-state index is 10.9. The summed E-state index contributed by atoms with van der Waals surface area (Å²) in [5, 5.41) is 17.0. The maximum Gasteiger partial charge on any atom is 0.219 e. The van der Waals surface area contributed by atoms with Crippen LogP contribution >= 0.6 is 0 Å². The van der Waals surface area contributed by atoms with E-state index in [0.717, 1.165) is 5.69 Å². The SMILES string of the molecule is Cc1ccc(C(=O)C(O)O)cn1. The van der Waals surface area contributed by atoms with Gasteiger partial charge in [-0.1, -0.05) is 0 Å². The number of aliphatic hydroxyl groups excluding tert-OH is 1. The van der Waals surface area contributed by atoms with Gasteiger partial charge in [0.1, 0.15) is 0 Å². The molecule has 64 valence electrons. The van der Waals surface area contributed by atoms with Gasteiger partial charge in [0.2, 0.25) is 12.1 Å². The minimum Gasteiger partial charge on any atom is -0.362 e. The number of pyridine rings is 1. The van der Waals surface area contributed by atoms with Gasteiger partial charge in [0, 0.05) is 17.5 Å². The molecule has 1 aromatic heterocycles. The molecule has 0 saturated carbocycles. The molecule has 1 aromatic rings. The molecule has 0 aliphatic heterocycles. The van der Waals surface area contributed by atoms with Crippen LogP contribution in [-0.2, 0) is 0 Å². The van der Waals surface area contributed by atoms with Crippen LogP contribution in [0.25, 0.3) is 0 Å². The van der Waals surface area contributed by atoms with Gasteiger partial charge in [-0.05, 0) is 19.1 Å². The number of Topliss-reactive ketones (excluding diaryl/α,β-unsaturated/α-hetero) is 1. The molecule has 0 aliphatic rings. The lowest BCUT2D eigenvalue weighted by Crippen LogP contribution is -2.19. The first-order valence-corrected chi connectivity index (χ1v) is 3.44. The van der Waals surface area contributed by atoms with Gasteiger partial charge in [-0.25, -0.2) is 0 Å². The third-order valence-electron chi connectivity index (χ3n) is 1.43. The molecule has 12 heavy (non-hydrogen) atoms. The van der Waals surface area contributed by atoms with Gasteiger partial charge in [-0.2, -0.15) is 0 Å². The fourth-order valence-corrected chi connectivity index (χ4v) is 0.763. The second kappa shape index (κ2) is 3.42. The number of aryl methyl sites for hydroxylation is 1. The largest absolute Gasteiger partial charge is 0.362 e. The van der Waals surface area contributed by atoms with Crippen LogP contribution in [0.1, 0.15) is 16.1 Å². The van der Waals surface area contributed by atoms with Crippen molar-refractivity contribution in [1.82, 2.24) is 4.98 Å². The van der Waals surface area contributed by atoms with Crippen molar-refractivity contribution in [3.05, 3.63) is 29.6 Å². The Hall–Kier alpha value is -1.26. The minimum atomic E-state index is -1.95. The summed E-state index contributed by atoms with van der Waals surface area (Å²) >= 11 is 0. The van der Waals surface area contributed by atoms with Crippen molar-refractivity contribution < 1.29 is 15.0 Å². The molecule has 0 amide bonds. The smallest absolute Gasteiger partial charge is 0.219 e. The third-order valence-corrected chi connectivity index (χ3v) is 1.43. The summed E-state index contributed by atoms with van der Waals surface area (Å²) in [5.74, 6) is -0.734. The van der Waals surface area contributed by atoms with Crippen molar-refractivity contribution in [2.45, 2.75) is 13.2 Å². The molecule has 0 fully saturated rings. The molecular formula is C8H9NO3. The van der Waals surface area contributed by atoms with Gasteiger partial charge in [-0.15, -0.1) is 0 Å². The van der Waals surface area contributed by atoms with Crippen molar-refractivity contribution in [2.75, 3.05) is 0 Å². The summed E-state index contributed by atoms with van der Waals surface area (Å²) in [5.41, 5.74) is 0.981. The Bertz CT molecular complexity index is 279. The Labute approximate surface area is 69.5 Å². The molecule has 4 nitrogen and oxygen atoms in total. The Balaban J connectivity index is 2.90. The zero-order valence-corrected chi connectivity index (χ0v) is 6.56. The van der Waals surface area contributed by atoms with Crippen LogP contribution in [0, 0.1) is 6.92 Å². The molecule has 0 aromatic carbocycles. The summed E-state index contributed by atoms with van der Waals surface area (Å²) in [6, 6.07) is 3.14. The third kappa shape index (κ3) is 1.87. The van der Waals surface area contributed by atoms with Gasteiger partial charge < -0.3 is 10.2 Å². The number of aromatic nitrogens is 1. The topological polar surface area (TPSA) is 70.4 Å². The number of carbonyl (C=O) groups is 1. The second-order valence-corrected chi connectivity index (χ2v) is 2.43. The van der Waals surface area contributed by atoms with Gasteiger partial charge in [0.25, 0.3) is 0 Å². The molecular weight excluding hydrogens is 158 g/mol. The maximum atomic E-state index is 10.9. The van der Waals surface area contributed by atoms with E-state index in [0.29, 0.717) is 0 Å². The predicted molar refractivity (Wildman–Crippen MR) is 41.5 cm³/mol. The molecule has 0 spiro atoms. The molecule has 2 N–H and O–H groups in total. The van der Waals surface area contributed by atoms with Crippen LogP contribution in [0.15, 0.2) is 18.3 Å². The van der Waals surface area contributed by atoms with Gasteiger partial charge in [0.15, 0.2) is 0 Å². The number of carbonyl (C=O) groups excluding carboxylic acids is 1. The molecule has 4 heteroatoms. The van der Waals surface area contributed by atoms with Crippen LogP contribution in [0.5, 0.6) is 0 Å². The first-order chi connectivity index (χ1) is 5.61. The Morgan fingerprint density at radius 2 is 2.17 bits per heavy atom. The normalized spacial score (nSPS) is 10.3. The number of rotatable bonds is 2. The molecule has 1 rings (SSSR count). The highest BCUT2D eigenvalue weighted by molar-refractivity contribution is 5.97. The molecule has 0 aliphatic carbocycles. The average molecular weight is 167 g/mol. The fraction of sp³-hybridized carbons (Fsp3) is 0.250. The Kier molecular flexibility index (Phi) is 2.52. The van der Waals surface area contributed by atoms with E-state index in [1.54, 1.807) is 13.0 Å². The van der Waals surface area contributed by atoms with Crippen LogP contribution in [0.4, 0.5) is 0 Å². The van der Waals surface area contributed by atoms with Crippen LogP contribution in [0.2, 0.25) is 0 Å².